The quantitative estimate of drug-likeness (QED) is 0.725. The van der Waals surface area contributed by atoms with E-state index in [1.807, 2.05) is 35.4 Å². The zero-order valence-electron chi connectivity index (χ0n) is 15.5. The lowest BCUT2D eigenvalue weighted by molar-refractivity contribution is -0.133. The SMILES string of the molecule is Cc1cc(C)n(CC(=O)N2CCC(c3cc(C)n4nccc4n3)CC2)n1. The van der Waals surface area contributed by atoms with Gasteiger partial charge in [-0.25, -0.2) is 9.50 Å². The van der Waals surface area contributed by atoms with E-state index in [9.17, 15) is 4.79 Å². The van der Waals surface area contributed by atoms with E-state index in [1.165, 1.54) is 0 Å². The summed E-state index contributed by atoms with van der Waals surface area (Å²) in [6.07, 6.45) is 3.67. The van der Waals surface area contributed by atoms with E-state index in [1.54, 1.807) is 10.9 Å². The van der Waals surface area contributed by atoms with Crippen LogP contribution in [0.2, 0.25) is 0 Å². The van der Waals surface area contributed by atoms with Crippen molar-refractivity contribution in [2.24, 2.45) is 0 Å². The number of likely N-dealkylation sites (tertiary alicyclic amines) is 1. The molecule has 0 aromatic carbocycles. The first-order chi connectivity index (χ1) is 12.5. The molecule has 7 nitrogen and oxygen atoms in total. The van der Waals surface area contributed by atoms with Gasteiger partial charge >= 0.3 is 0 Å². The van der Waals surface area contributed by atoms with Gasteiger partial charge in [0, 0.05) is 42.2 Å². The molecule has 0 unspecified atom stereocenters. The number of hydrogen-bond acceptors (Lipinski definition) is 4. The van der Waals surface area contributed by atoms with E-state index in [2.05, 4.69) is 23.2 Å². The Bertz CT molecular complexity index is 948. The molecule has 0 bridgehead atoms. The lowest BCUT2D eigenvalue weighted by atomic mass is 9.93. The fraction of sp³-hybridized carbons (Fsp3) is 0.474. The predicted molar refractivity (Wildman–Crippen MR) is 98.0 cm³/mol. The van der Waals surface area contributed by atoms with Crippen molar-refractivity contribution in [3.8, 4) is 0 Å². The lowest BCUT2D eigenvalue weighted by Gasteiger charge is -2.32. The highest BCUT2D eigenvalue weighted by molar-refractivity contribution is 5.76. The van der Waals surface area contributed by atoms with Crippen LogP contribution in [0.4, 0.5) is 0 Å². The van der Waals surface area contributed by atoms with Crippen molar-refractivity contribution >= 4 is 11.6 Å². The summed E-state index contributed by atoms with van der Waals surface area (Å²) in [7, 11) is 0. The van der Waals surface area contributed by atoms with Crippen molar-refractivity contribution in [1.82, 2.24) is 29.3 Å². The molecule has 0 N–H and O–H groups in total. The Morgan fingerprint density at radius 1 is 1.15 bits per heavy atom. The number of fused-ring (bicyclic) bond motifs is 1. The molecule has 0 radical (unpaired) electrons. The van der Waals surface area contributed by atoms with Gasteiger partial charge in [-0.1, -0.05) is 0 Å². The van der Waals surface area contributed by atoms with Gasteiger partial charge in [0.1, 0.15) is 6.54 Å². The standard InChI is InChI=1S/C19H24N6O/c1-13-10-14(2)24(22-13)12-19(26)23-8-5-16(6-9-23)17-11-15(3)25-18(21-17)4-7-20-25/h4,7,10-11,16H,5-6,8-9,12H2,1-3H3. The monoisotopic (exact) mass is 352 g/mol. The van der Waals surface area contributed by atoms with Crippen LogP contribution in [0.1, 0.15) is 41.5 Å². The largest absolute Gasteiger partial charge is 0.341 e. The van der Waals surface area contributed by atoms with Crippen molar-refractivity contribution in [1.29, 1.82) is 0 Å². The van der Waals surface area contributed by atoms with Gasteiger partial charge in [0.05, 0.1) is 11.9 Å². The van der Waals surface area contributed by atoms with Crippen LogP contribution in [0, 0.1) is 20.8 Å². The van der Waals surface area contributed by atoms with E-state index >= 15 is 0 Å². The smallest absolute Gasteiger partial charge is 0.244 e. The molecule has 3 aromatic rings. The van der Waals surface area contributed by atoms with E-state index in [-0.39, 0.29) is 5.91 Å². The fourth-order valence-corrected chi connectivity index (χ4v) is 3.79. The maximum atomic E-state index is 12.6. The molecular formula is C19H24N6O. The molecule has 3 aromatic heterocycles. The second-order valence-corrected chi connectivity index (χ2v) is 7.16. The predicted octanol–water partition coefficient (Wildman–Crippen LogP) is 2.26. The van der Waals surface area contributed by atoms with Crippen LogP contribution in [0.25, 0.3) is 5.65 Å². The van der Waals surface area contributed by atoms with Gasteiger partial charge in [0.2, 0.25) is 5.91 Å². The van der Waals surface area contributed by atoms with Gasteiger partial charge in [0.25, 0.3) is 0 Å². The van der Waals surface area contributed by atoms with Crippen LogP contribution in [0.3, 0.4) is 0 Å². The summed E-state index contributed by atoms with van der Waals surface area (Å²) in [5.74, 6) is 0.538. The van der Waals surface area contributed by atoms with E-state index in [0.29, 0.717) is 12.5 Å². The highest BCUT2D eigenvalue weighted by Crippen LogP contribution is 2.28. The molecule has 0 aliphatic carbocycles. The minimum atomic E-state index is 0.144. The van der Waals surface area contributed by atoms with Crippen LogP contribution >= 0.6 is 0 Å². The molecule has 1 aliphatic rings. The summed E-state index contributed by atoms with van der Waals surface area (Å²) >= 11 is 0. The average Bonchev–Trinajstić information content (AvgIpc) is 3.21. The van der Waals surface area contributed by atoms with Crippen molar-refractivity contribution in [3.05, 3.63) is 47.2 Å². The maximum absolute atomic E-state index is 12.6. The van der Waals surface area contributed by atoms with Crippen molar-refractivity contribution in [3.63, 3.8) is 0 Å². The summed E-state index contributed by atoms with van der Waals surface area (Å²) in [5, 5.41) is 8.67. The molecule has 0 atom stereocenters. The van der Waals surface area contributed by atoms with Gasteiger partial charge in [-0.15, -0.1) is 0 Å². The molecule has 26 heavy (non-hydrogen) atoms. The third-order valence-electron chi connectivity index (χ3n) is 5.21. The van der Waals surface area contributed by atoms with Gasteiger partial charge in [-0.3, -0.25) is 9.48 Å². The highest BCUT2D eigenvalue weighted by Gasteiger charge is 2.25. The molecule has 1 aliphatic heterocycles. The van der Waals surface area contributed by atoms with E-state index < -0.39 is 0 Å². The number of hydrogen-bond donors (Lipinski definition) is 0. The van der Waals surface area contributed by atoms with E-state index in [0.717, 1.165) is 54.4 Å². The van der Waals surface area contributed by atoms with E-state index in [4.69, 9.17) is 4.98 Å². The molecule has 0 spiro atoms. The van der Waals surface area contributed by atoms with Gasteiger partial charge in [0.15, 0.2) is 5.65 Å². The van der Waals surface area contributed by atoms with Gasteiger partial charge in [-0.05, 0) is 45.7 Å². The number of aromatic nitrogens is 5. The number of carbonyl (C=O) groups is 1. The summed E-state index contributed by atoms with van der Waals surface area (Å²) in [4.78, 5) is 19.3. The Balaban J connectivity index is 1.41. The molecule has 7 heteroatoms. The first-order valence-electron chi connectivity index (χ1n) is 9.11. The van der Waals surface area contributed by atoms with Crippen LogP contribution in [0.15, 0.2) is 24.4 Å². The van der Waals surface area contributed by atoms with Crippen molar-refractivity contribution in [2.45, 2.75) is 46.1 Å². The number of nitrogens with zero attached hydrogens (tertiary/aromatic N) is 6. The summed E-state index contributed by atoms with van der Waals surface area (Å²) in [6.45, 7) is 7.86. The Morgan fingerprint density at radius 2 is 1.92 bits per heavy atom. The normalized spacial score (nSPS) is 15.7. The number of aryl methyl sites for hydroxylation is 3. The molecule has 1 fully saturated rings. The second kappa shape index (κ2) is 6.55. The lowest BCUT2D eigenvalue weighted by Crippen LogP contribution is -2.40. The second-order valence-electron chi connectivity index (χ2n) is 7.16. The highest BCUT2D eigenvalue weighted by atomic mass is 16.2. The molecule has 4 rings (SSSR count). The maximum Gasteiger partial charge on any atom is 0.244 e. The summed E-state index contributed by atoms with van der Waals surface area (Å²) in [5.41, 5.74) is 5.08. The summed E-state index contributed by atoms with van der Waals surface area (Å²) in [6, 6.07) is 6.06. The Labute approximate surface area is 152 Å². The van der Waals surface area contributed by atoms with Crippen LogP contribution in [0.5, 0.6) is 0 Å². The average molecular weight is 352 g/mol. The zero-order chi connectivity index (χ0) is 18.3. The molecule has 4 heterocycles. The Hall–Kier alpha value is -2.70. The first-order valence-corrected chi connectivity index (χ1v) is 9.11. The van der Waals surface area contributed by atoms with Crippen LogP contribution in [-0.4, -0.2) is 48.3 Å². The van der Waals surface area contributed by atoms with Crippen LogP contribution in [-0.2, 0) is 11.3 Å². The third-order valence-corrected chi connectivity index (χ3v) is 5.21. The zero-order valence-corrected chi connectivity index (χ0v) is 15.5. The minimum Gasteiger partial charge on any atom is -0.341 e. The van der Waals surface area contributed by atoms with Gasteiger partial charge < -0.3 is 4.90 Å². The third kappa shape index (κ3) is 3.09. The van der Waals surface area contributed by atoms with Crippen LogP contribution < -0.4 is 0 Å². The number of piperidine rings is 1. The minimum absolute atomic E-state index is 0.144. The summed E-state index contributed by atoms with van der Waals surface area (Å²) < 4.78 is 3.65. The van der Waals surface area contributed by atoms with Crippen molar-refractivity contribution in [2.75, 3.05) is 13.1 Å². The number of carbonyl (C=O) groups excluding carboxylic acids is 1. The Morgan fingerprint density at radius 3 is 2.62 bits per heavy atom. The molecule has 0 saturated carbocycles. The number of amides is 1. The first kappa shape index (κ1) is 16.8. The Kier molecular flexibility index (Phi) is 4.22. The van der Waals surface area contributed by atoms with Gasteiger partial charge in [-0.2, -0.15) is 10.2 Å². The fourth-order valence-electron chi connectivity index (χ4n) is 3.79. The molecular weight excluding hydrogens is 328 g/mol. The molecule has 136 valence electrons. The molecule has 1 saturated heterocycles. The topological polar surface area (TPSA) is 68.3 Å². The van der Waals surface area contributed by atoms with Crippen molar-refractivity contribution < 1.29 is 4.79 Å². The number of rotatable bonds is 3. The molecule has 1 amide bonds.